The predicted octanol–water partition coefficient (Wildman–Crippen LogP) is 2.18. The molecule has 0 radical (unpaired) electrons. The summed E-state index contributed by atoms with van der Waals surface area (Å²) in [7, 11) is 0. The van der Waals surface area contributed by atoms with E-state index in [9.17, 15) is 18.0 Å². The van der Waals surface area contributed by atoms with Crippen LogP contribution in [0, 0.1) is 0 Å². The van der Waals surface area contributed by atoms with Gasteiger partial charge in [-0.3, -0.25) is 4.79 Å². The molecular weight excluding hydrogens is 275 g/mol. The van der Waals surface area contributed by atoms with Gasteiger partial charge in [0.2, 0.25) is 0 Å². The van der Waals surface area contributed by atoms with Crippen molar-refractivity contribution in [1.82, 2.24) is 4.98 Å². The average Bonchev–Trinajstić information content (AvgIpc) is 2.69. The maximum Gasteiger partial charge on any atom is 0.490 e. The molecule has 2 N–H and O–H groups in total. The number of nitrogens with zero attached hydrogens (tertiary/aromatic N) is 1. The molecule has 0 aliphatic rings. The lowest BCUT2D eigenvalue weighted by Crippen LogP contribution is -2.21. The zero-order valence-corrected chi connectivity index (χ0v) is 9.79. The number of alkyl halides is 3. The highest BCUT2D eigenvalue weighted by molar-refractivity contribution is 7.07. The van der Waals surface area contributed by atoms with Gasteiger partial charge in [-0.15, -0.1) is 11.3 Å². The molecule has 0 saturated carbocycles. The van der Waals surface area contributed by atoms with Crippen LogP contribution in [0.3, 0.4) is 0 Å². The smallest absolute Gasteiger partial charge is 0.481 e. The molecule has 18 heavy (non-hydrogen) atoms. The molecule has 0 spiro atoms. The lowest BCUT2D eigenvalue weighted by Gasteiger charge is -1.93. The lowest BCUT2D eigenvalue weighted by atomic mass is 10.2. The largest absolute Gasteiger partial charge is 0.490 e. The first-order valence-corrected chi connectivity index (χ1v) is 5.56. The number of carboxylic acid groups (broad SMARTS) is 2. The lowest BCUT2D eigenvalue weighted by molar-refractivity contribution is -0.192. The third-order valence-electron chi connectivity index (χ3n) is 1.55. The molecule has 0 unspecified atom stereocenters. The van der Waals surface area contributed by atoms with Gasteiger partial charge in [-0.05, 0) is 12.8 Å². The molecule has 5 nitrogen and oxygen atoms in total. The summed E-state index contributed by atoms with van der Waals surface area (Å²) in [4.78, 5) is 23.0. The number of rotatable bonds is 4. The van der Waals surface area contributed by atoms with Crippen LogP contribution in [0.5, 0.6) is 0 Å². The zero-order valence-electron chi connectivity index (χ0n) is 8.98. The highest BCUT2D eigenvalue weighted by Crippen LogP contribution is 2.13. The fourth-order valence-corrected chi connectivity index (χ4v) is 1.37. The van der Waals surface area contributed by atoms with Gasteiger partial charge in [0.1, 0.15) is 0 Å². The number of hydrogen-bond acceptors (Lipinski definition) is 4. The summed E-state index contributed by atoms with van der Waals surface area (Å²) in [5.74, 6) is -3.49. The number of hydrogen-bond donors (Lipinski definition) is 2. The van der Waals surface area contributed by atoms with E-state index in [0.29, 0.717) is 6.42 Å². The van der Waals surface area contributed by atoms with E-state index in [1.807, 2.05) is 5.38 Å². The molecule has 0 amide bonds. The Labute approximate surface area is 104 Å². The van der Waals surface area contributed by atoms with Gasteiger partial charge in [0, 0.05) is 11.8 Å². The Morgan fingerprint density at radius 2 is 1.89 bits per heavy atom. The van der Waals surface area contributed by atoms with Crippen LogP contribution in [0.2, 0.25) is 0 Å². The van der Waals surface area contributed by atoms with Crippen LogP contribution in [-0.4, -0.2) is 33.3 Å². The van der Waals surface area contributed by atoms with Crippen LogP contribution >= 0.6 is 11.3 Å². The van der Waals surface area contributed by atoms with Crippen LogP contribution in [-0.2, 0) is 16.0 Å². The second-order valence-corrected chi connectivity index (χ2v) is 3.75. The van der Waals surface area contributed by atoms with Crippen molar-refractivity contribution in [3.05, 3.63) is 16.6 Å². The Kier molecular flexibility index (Phi) is 6.94. The summed E-state index contributed by atoms with van der Waals surface area (Å²) in [6.45, 7) is 0. The number of aromatic nitrogens is 1. The highest BCUT2D eigenvalue weighted by Gasteiger charge is 2.38. The van der Waals surface area contributed by atoms with Gasteiger partial charge in [-0.2, -0.15) is 13.2 Å². The molecule has 1 heterocycles. The maximum atomic E-state index is 10.6. The van der Waals surface area contributed by atoms with Crippen LogP contribution in [0.4, 0.5) is 13.2 Å². The number of halogens is 3. The van der Waals surface area contributed by atoms with Gasteiger partial charge in [0.25, 0.3) is 0 Å². The SMILES string of the molecule is O=C(O)C(F)(F)F.O=C(O)CCCc1cscn1. The van der Waals surface area contributed by atoms with Crippen molar-refractivity contribution in [2.75, 3.05) is 0 Å². The molecule has 0 saturated heterocycles. The molecule has 1 rings (SSSR count). The van der Waals surface area contributed by atoms with Crippen LogP contribution in [0.1, 0.15) is 18.5 Å². The van der Waals surface area contributed by atoms with Gasteiger partial charge >= 0.3 is 18.1 Å². The molecule has 102 valence electrons. The van der Waals surface area contributed by atoms with Gasteiger partial charge in [0.05, 0.1) is 11.2 Å². The summed E-state index contributed by atoms with van der Waals surface area (Å²) >= 11 is 1.54. The van der Waals surface area contributed by atoms with Gasteiger partial charge in [-0.25, -0.2) is 9.78 Å². The third kappa shape index (κ3) is 8.50. The summed E-state index contributed by atoms with van der Waals surface area (Å²) in [6, 6.07) is 0. The van der Waals surface area contributed by atoms with Crippen LogP contribution < -0.4 is 0 Å². The quantitative estimate of drug-likeness (QED) is 0.885. The Bertz CT molecular complexity index is 378. The molecule has 0 atom stereocenters. The molecule has 0 aliphatic heterocycles. The number of aryl methyl sites for hydroxylation is 1. The van der Waals surface area contributed by atoms with E-state index in [-0.39, 0.29) is 6.42 Å². The first-order valence-electron chi connectivity index (χ1n) is 4.62. The molecule has 0 fully saturated rings. The number of carboxylic acids is 2. The maximum absolute atomic E-state index is 10.6. The standard InChI is InChI=1S/C7H9NO2S.C2HF3O2/c9-7(10)3-1-2-6-4-11-5-8-6;3-2(4,5)1(6)7/h4-5H,1-3H2,(H,9,10);(H,6,7). The minimum Gasteiger partial charge on any atom is -0.481 e. The van der Waals surface area contributed by atoms with Gasteiger partial charge in [-0.1, -0.05) is 0 Å². The Morgan fingerprint density at radius 1 is 1.33 bits per heavy atom. The number of aliphatic carboxylic acids is 2. The average molecular weight is 285 g/mol. The van der Waals surface area contributed by atoms with E-state index in [2.05, 4.69) is 4.98 Å². The van der Waals surface area contributed by atoms with Crippen molar-refractivity contribution in [2.45, 2.75) is 25.4 Å². The van der Waals surface area contributed by atoms with Crippen molar-refractivity contribution in [3.63, 3.8) is 0 Å². The Morgan fingerprint density at radius 3 is 2.22 bits per heavy atom. The molecule has 0 aliphatic carbocycles. The normalized spacial score (nSPS) is 10.4. The van der Waals surface area contributed by atoms with Crippen molar-refractivity contribution >= 4 is 23.3 Å². The van der Waals surface area contributed by atoms with Gasteiger partial charge in [0.15, 0.2) is 0 Å². The van der Waals surface area contributed by atoms with Crippen LogP contribution in [0.15, 0.2) is 10.9 Å². The molecule has 1 aromatic rings. The summed E-state index contributed by atoms with van der Waals surface area (Å²) in [5, 5.41) is 17.4. The van der Waals surface area contributed by atoms with E-state index in [1.54, 1.807) is 5.51 Å². The molecule has 1 aromatic heterocycles. The zero-order chi connectivity index (χ0) is 14.2. The highest BCUT2D eigenvalue weighted by atomic mass is 32.1. The summed E-state index contributed by atoms with van der Waals surface area (Å²) < 4.78 is 31.7. The van der Waals surface area contributed by atoms with Crippen molar-refractivity contribution < 1.29 is 33.0 Å². The fourth-order valence-electron chi connectivity index (χ4n) is 0.782. The monoisotopic (exact) mass is 285 g/mol. The molecule has 9 heteroatoms. The first kappa shape index (κ1) is 16.4. The molecule has 0 aromatic carbocycles. The first-order chi connectivity index (χ1) is 8.23. The van der Waals surface area contributed by atoms with Crippen molar-refractivity contribution in [2.24, 2.45) is 0 Å². The molecule has 0 bridgehead atoms. The summed E-state index contributed by atoms with van der Waals surface area (Å²) in [6.07, 6.45) is -3.40. The second-order valence-electron chi connectivity index (χ2n) is 3.03. The van der Waals surface area contributed by atoms with E-state index < -0.39 is 18.1 Å². The molecular formula is C9H10F3NO4S. The van der Waals surface area contributed by atoms with E-state index in [1.165, 1.54) is 11.3 Å². The van der Waals surface area contributed by atoms with E-state index >= 15 is 0 Å². The second kappa shape index (κ2) is 7.64. The van der Waals surface area contributed by atoms with E-state index in [4.69, 9.17) is 15.0 Å². The Hall–Kier alpha value is -1.64. The Balaban J connectivity index is 0.000000360. The third-order valence-corrected chi connectivity index (χ3v) is 2.18. The predicted molar refractivity (Wildman–Crippen MR) is 56.4 cm³/mol. The summed E-state index contributed by atoms with van der Waals surface area (Å²) in [5.41, 5.74) is 2.76. The minimum atomic E-state index is -5.08. The number of thiazole rings is 1. The van der Waals surface area contributed by atoms with Crippen molar-refractivity contribution in [1.29, 1.82) is 0 Å². The fraction of sp³-hybridized carbons (Fsp3) is 0.444. The topological polar surface area (TPSA) is 87.5 Å². The number of carbonyl (C=O) groups is 2. The van der Waals surface area contributed by atoms with Crippen LogP contribution in [0.25, 0.3) is 0 Å². The minimum absolute atomic E-state index is 0.234. The van der Waals surface area contributed by atoms with Crippen molar-refractivity contribution in [3.8, 4) is 0 Å². The van der Waals surface area contributed by atoms with E-state index in [0.717, 1.165) is 12.1 Å². The van der Waals surface area contributed by atoms with Gasteiger partial charge < -0.3 is 10.2 Å².